The summed E-state index contributed by atoms with van der Waals surface area (Å²) in [4.78, 5) is 12.5. The highest BCUT2D eigenvalue weighted by molar-refractivity contribution is 6.99. The number of carbonyl (C=O) groups is 1. The first-order valence-corrected chi connectivity index (χ1v) is 16.1. The Kier molecular flexibility index (Phi) is 16.6. The summed E-state index contributed by atoms with van der Waals surface area (Å²) in [5.74, 6) is 0.643. The smallest absolute Gasteiger partial charge is 0.475 e. The van der Waals surface area contributed by atoms with E-state index in [1.807, 2.05) is 6.92 Å². The molecule has 0 aromatic carbocycles. The maximum Gasteiger partial charge on any atom is 0.512 e. The Morgan fingerprint density at radius 2 is 1.55 bits per heavy atom. The number of nitrogens with zero attached hydrogens (tertiary/aromatic N) is 3. The molecule has 0 amide bonds. The Morgan fingerprint density at radius 3 is 2.24 bits per heavy atom. The van der Waals surface area contributed by atoms with Gasteiger partial charge in [-0.2, -0.15) is 4.37 Å². The fourth-order valence-corrected chi connectivity index (χ4v) is 5.64. The summed E-state index contributed by atoms with van der Waals surface area (Å²) in [6.07, 6.45) is 20.1. The van der Waals surface area contributed by atoms with Gasteiger partial charge in [0.05, 0.1) is 38.5 Å². The summed E-state index contributed by atoms with van der Waals surface area (Å²) in [6.45, 7) is 9.18. The third-order valence-electron chi connectivity index (χ3n) is 7.47. The van der Waals surface area contributed by atoms with E-state index in [1.54, 1.807) is 0 Å². The number of rotatable bonds is 21. The Morgan fingerprint density at radius 1 is 0.895 bits per heavy atom. The molecule has 1 aliphatic rings. The lowest BCUT2D eigenvalue weighted by atomic mass is 10.0. The molecule has 218 valence electrons. The molecule has 7 nitrogen and oxygen atoms in total. The van der Waals surface area contributed by atoms with Crippen LogP contribution in [-0.2, 0) is 9.47 Å². The van der Waals surface area contributed by atoms with Gasteiger partial charge < -0.3 is 14.2 Å². The Balaban J connectivity index is 1.96. The maximum absolute atomic E-state index is 12.5. The minimum absolute atomic E-state index is 0.238. The molecule has 0 bridgehead atoms. The number of carbonyl (C=O) groups excluding carboxylic acids is 1. The minimum atomic E-state index is -0.547. The van der Waals surface area contributed by atoms with E-state index in [2.05, 4.69) is 35.7 Å². The molecule has 8 heteroatoms. The standard InChI is InChI=1S/C30H54N3O4S/c1-5-8-10-12-13-14-15-16-17-21-27(37-30(34)36-23-7-3)33(4)22-19-20-26(25-33)28-29(32-38-31-28)35-24-18-11-9-6-2/h20,27H,5-19,21-25H2,1-4H3/q+1. The quantitative estimate of drug-likeness (QED) is 0.0864. The molecule has 38 heavy (non-hydrogen) atoms. The molecule has 1 aromatic heterocycles. The van der Waals surface area contributed by atoms with Gasteiger partial charge in [-0.3, -0.25) is 4.48 Å². The van der Waals surface area contributed by atoms with Crippen molar-refractivity contribution in [2.24, 2.45) is 0 Å². The number of likely N-dealkylation sites (N-methyl/N-ethyl adjacent to an activating group) is 1. The molecule has 2 heterocycles. The van der Waals surface area contributed by atoms with Crippen molar-refractivity contribution >= 4 is 23.5 Å². The average molecular weight is 553 g/mol. The second-order valence-corrected chi connectivity index (χ2v) is 11.5. The second-order valence-electron chi connectivity index (χ2n) is 11.0. The predicted octanol–water partition coefficient (Wildman–Crippen LogP) is 8.54. The van der Waals surface area contributed by atoms with Crippen molar-refractivity contribution in [2.75, 3.05) is 33.4 Å². The van der Waals surface area contributed by atoms with Crippen LogP contribution >= 0.6 is 11.7 Å². The molecule has 2 unspecified atom stereocenters. The van der Waals surface area contributed by atoms with Crippen LogP contribution in [0.5, 0.6) is 5.88 Å². The minimum Gasteiger partial charge on any atom is -0.475 e. The summed E-state index contributed by atoms with van der Waals surface area (Å²) in [7, 11) is 2.20. The van der Waals surface area contributed by atoms with Crippen LogP contribution in [-0.4, -0.2) is 59.0 Å². The van der Waals surface area contributed by atoms with Gasteiger partial charge in [0.2, 0.25) is 6.23 Å². The summed E-state index contributed by atoms with van der Waals surface area (Å²) in [5.41, 5.74) is 1.99. The van der Waals surface area contributed by atoms with E-state index in [0.29, 0.717) is 23.6 Å². The number of quaternary nitrogens is 1. The van der Waals surface area contributed by atoms with Crippen molar-refractivity contribution in [2.45, 2.75) is 130 Å². The molecule has 1 aromatic rings. The van der Waals surface area contributed by atoms with Crippen LogP contribution in [0.4, 0.5) is 4.79 Å². The largest absolute Gasteiger partial charge is 0.512 e. The fraction of sp³-hybridized carbons (Fsp3) is 0.833. The van der Waals surface area contributed by atoms with Crippen LogP contribution in [0, 0.1) is 0 Å². The molecule has 0 aliphatic carbocycles. The van der Waals surface area contributed by atoms with Crippen LogP contribution in [0.2, 0.25) is 0 Å². The molecule has 2 rings (SSSR count). The molecule has 2 atom stereocenters. The zero-order valence-electron chi connectivity index (χ0n) is 24.7. The van der Waals surface area contributed by atoms with Gasteiger partial charge in [-0.15, -0.1) is 4.37 Å². The van der Waals surface area contributed by atoms with Crippen molar-refractivity contribution < 1.29 is 23.5 Å². The van der Waals surface area contributed by atoms with Crippen LogP contribution in [0.25, 0.3) is 5.57 Å². The summed E-state index contributed by atoms with van der Waals surface area (Å²) in [6, 6.07) is 0. The van der Waals surface area contributed by atoms with Gasteiger partial charge in [0.25, 0.3) is 5.88 Å². The van der Waals surface area contributed by atoms with E-state index >= 15 is 0 Å². The number of hydrogen-bond acceptors (Lipinski definition) is 7. The predicted molar refractivity (Wildman–Crippen MR) is 156 cm³/mol. The number of aromatic nitrogens is 2. The van der Waals surface area contributed by atoms with E-state index in [-0.39, 0.29) is 6.23 Å². The Hall–Kier alpha value is -1.67. The molecule has 0 radical (unpaired) electrons. The monoisotopic (exact) mass is 552 g/mol. The number of unbranched alkanes of at least 4 members (excludes halogenated alkanes) is 11. The van der Waals surface area contributed by atoms with Gasteiger partial charge in [0.15, 0.2) is 0 Å². The van der Waals surface area contributed by atoms with Crippen LogP contribution in [0.15, 0.2) is 6.08 Å². The maximum atomic E-state index is 12.5. The molecule has 0 N–H and O–H groups in total. The van der Waals surface area contributed by atoms with E-state index < -0.39 is 6.16 Å². The molecule has 0 spiro atoms. The van der Waals surface area contributed by atoms with Crippen LogP contribution < -0.4 is 4.74 Å². The van der Waals surface area contributed by atoms with Crippen molar-refractivity contribution in [3.63, 3.8) is 0 Å². The average Bonchev–Trinajstić information content (AvgIpc) is 3.39. The van der Waals surface area contributed by atoms with Crippen molar-refractivity contribution in [1.29, 1.82) is 0 Å². The van der Waals surface area contributed by atoms with Crippen molar-refractivity contribution in [1.82, 2.24) is 8.75 Å². The Bertz CT molecular complexity index is 800. The summed E-state index contributed by atoms with van der Waals surface area (Å²) in [5, 5.41) is 0. The molecule has 0 saturated heterocycles. The van der Waals surface area contributed by atoms with Gasteiger partial charge in [-0.05, 0) is 19.3 Å². The van der Waals surface area contributed by atoms with Gasteiger partial charge in [0.1, 0.15) is 12.2 Å². The first-order valence-electron chi connectivity index (χ1n) is 15.4. The van der Waals surface area contributed by atoms with Crippen LogP contribution in [0.1, 0.15) is 129 Å². The van der Waals surface area contributed by atoms with E-state index in [1.165, 1.54) is 82.4 Å². The SMILES string of the molecule is CCCCCCCCCCCC(OC(=O)OCCC)[N+]1(C)CCC=C(c2nsnc2OCCCCCC)C1. The first kappa shape index (κ1) is 32.5. The van der Waals surface area contributed by atoms with Gasteiger partial charge >= 0.3 is 6.16 Å². The van der Waals surface area contributed by atoms with Gasteiger partial charge in [-0.1, -0.05) is 97.5 Å². The van der Waals surface area contributed by atoms with E-state index in [4.69, 9.17) is 14.2 Å². The molecular weight excluding hydrogens is 498 g/mol. The summed E-state index contributed by atoms with van der Waals surface area (Å²) < 4.78 is 27.0. The normalized spacial score (nSPS) is 18.2. The third-order valence-corrected chi connectivity index (χ3v) is 7.98. The fourth-order valence-electron chi connectivity index (χ4n) is 5.11. The highest BCUT2D eigenvalue weighted by Gasteiger charge is 2.39. The zero-order chi connectivity index (χ0) is 27.5. The molecule has 0 saturated carbocycles. The lowest BCUT2D eigenvalue weighted by Crippen LogP contribution is -2.56. The van der Waals surface area contributed by atoms with E-state index in [9.17, 15) is 4.79 Å². The van der Waals surface area contributed by atoms with Gasteiger partial charge in [-0.25, -0.2) is 4.79 Å². The molecule has 1 aliphatic heterocycles. The van der Waals surface area contributed by atoms with Gasteiger partial charge in [0, 0.05) is 18.4 Å². The molecular formula is C30H54N3O4S+. The highest BCUT2D eigenvalue weighted by atomic mass is 32.1. The lowest BCUT2D eigenvalue weighted by Gasteiger charge is -2.42. The van der Waals surface area contributed by atoms with Crippen molar-refractivity contribution in [3.8, 4) is 5.88 Å². The molecule has 0 fully saturated rings. The number of ether oxygens (including phenoxy) is 3. The van der Waals surface area contributed by atoms with Crippen molar-refractivity contribution in [3.05, 3.63) is 11.8 Å². The third kappa shape index (κ3) is 12.0. The first-order chi connectivity index (χ1) is 18.5. The highest BCUT2D eigenvalue weighted by Crippen LogP contribution is 2.33. The second kappa shape index (κ2) is 19.4. The number of hydrogen-bond donors (Lipinski definition) is 0. The zero-order valence-corrected chi connectivity index (χ0v) is 25.5. The topological polar surface area (TPSA) is 70.5 Å². The Labute approximate surface area is 236 Å². The van der Waals surface area contributed by atoms with E-state index in [0.717, 1.165) is 56.5 Å². The lowest BCUT2D eigenvalue weighted by molar-refractivity contribution is -0.947. The van der Waals surface area contributed by atoms with Crippen LogP contribution in [0.3, 0.4) is 0 Å². The summed E-state index contributed by atoms with van der Waals surface area (Å²) >= 11 is 1.21.